The number of para-hydroxylation sites is 1. The Labute approximate surface area is 94.1 Å². The molecule has 1 aromatic rings. The highest BCUT2D eigenvalue weighted by Gasteiger charge is 2.08. The third kappa shape index (κ3) is 3.80. The van der Waals surface area contributed by atoms with Gasteiger partial charge in [0.15, 0.2) is 0 Å². The second-order valence-electron chi connectivity index (χ2n) is 3.17. The average Bonchev–Trinajstić information content (AvgIpc) is 2.25. The fourth-order valence-corrected chi connectivity index (χ4v) is 1.37. The molecule has 0 atom stereocenters. The molecule has 0 aliphatic heterocycles. The fourth-order valence-electron chi connectivity index (χ4n) is 1.18. The highest BCUT2D eigenvalue weighted by atomic mass is 35.5. The summed E-state index contributed by atoms with van der Waals surface area (Å²) in [5, 5.41) is 12.1. The Bertz CT molecular complexity index is 328. The van der Waals surface area contributed by atoms with Crippen molar-refractivity contribution in [2.24, 2.45) is 0 Å². The first-order valence-electron chi connectivity index (χ1n) is 4.88. The molecule has 1 rings (SSSR count). The van der Waals surface area contributed by atoms with Crippen LogP contribution in [0.5, 0.6) is 5.75 Å². The minimum absolute atomic E-state index is 0.00680. The first-order chi connectivity index (χ1) is 7.25. The molecule has 1 aromatic carbocycles. The number of hydrogen-bond donors (Lipinski definition) is 2. The van der Waals surface area contributed by atoms with Gasteiger partial charge in [-0.1, -0.05) is 12.1 Å². The minimum atomic E-state index is -0.248. The summed E-state index contributed by atoms with van der Waals surface area (Å²) >= 11 is 5.51. The van der Waals surface area contributed by atoms with Crippen molar-refractivity contribution in [2.75, 3.05) is 12.4 Å². The van der Waals surface area contributed by atoms with Crippen molar-refractivity contribution in [1.29, 1.82) is 0 Å². The summed E-state index contributed by atoms with van der Waals surface area (Å²) in [5.41, 5.74) is 0.309. The van der Waals surface area contributed by atoms with Gasteiger partial charge in [-0.3, -0.25) is 4.79 Å². The van der Waals surface area contributed by atoms with Crippen LogP contribution < -0.4 is 5.32 Å². The quantitative estimate of drug-likeness (QED) is 0.598. The number of unbranched alkanes of at least 4 members (excludes halogenated alkanes) is 1. The predicted molar refractivity (Wildman–Crippen MR) is 60.4 cm³/mol. The van der Waals surface area contributed by atoms with Crippen molar-refractivity contribution in [3.05, 3.63) is 29.8 Å². The van der Waals surface area contributed by atoms with Crippen LogP contribution in [0.2, 0.25) is 0 Å². The van der Waals surface area contributed by atoms with E-state index in [0.29, 0.717) is 18.0 Å². The third-order valence-electron chi connectivity index (χ3n) is 1.99. The lowest BCUT2D eigenvalue weighted by molar-refractivity contribution is 0.0950. The van der Waals surface area contributed by atoms with Gasteiger partial charge in [0, 0.05) is 12.4 Å². The van der Waals surface area contributed by atoms with Gasteiger partial charge in [-0.15, -0.1) is 11.6 Å². The topological polar surface area (TPSA) is 49.3 Å². The van der Waals surface area contributed by atoms with Gasteiger partial charge in [0.05, 0.1) is 5.56 Å². The van der Waals surface area contributed by atoms with E-state index in [-0.39, 0.29) is 11.7 Å². The number of alkyl halides is 1. The van der Waals surface area contributed by atoms with E-state index in [2.05, 4.69) is 5.32 Å². The normalized spacial score (nSPS) is 9.93. The van der Waals surface area contributed by atoms with Crippen LogP contribution in [-0.4, -0.2) is 23.4 Å². The Morgan fingerprint density at radius 1 is 1.33 bits per heavy atom. The molecule has 0 fully saturated rings. The Balaban J connectivity index is 2.44. The lowest BCUT2D eigenvalue weighted by Crippen LogP contribution is -2.24. The van der Waals surface area contributed by atoms with Gasteiger partial charge in [0.1, 0.15) is 5.75 Å². The zero-order chi connectivity index (χ0) is 11.1. The van der Waals surface area contributed by atoms with Gasteiger partial charge in [-0.25, -0.2) is 0 Å². The SMILES string of the molecule is O=C(NCCCCCl)c1ccccc1O. The number of amides is 1. The first kappa shape index (κ1) is 11.9. The Morgan fingerprint density at radius 2 is 2.07 bits per heavy atom. The Kier molecular flexibility index (Phi) is 4.98. The molecular formula is C11H14ClNO2. The largest absolute Gasteiger partial charge is 0.507 e. The lowest BCUT2D eigenvalue weighted by Gasteiger charge is -2.05. The molecule has 0 aliphatic carbocycles. The molecule has 2 N–H and O–H groups in total. The van der Waals surface area contributed by atoms with Gasteiger partial charge in [-0.05, 0) is 25.0 Å². The van der Waals surface area contributed by atoms with E-state index in [1.165, 1.54) is 6.07 Å². The van der Waals surface area contributed by atoms with Crippen LogP contribution >= 0.6 is 11.6 Å². The van der Waals surface area contributed by atoms with Crippen LogP contribution in [0.1, 0.15) is 23.2 Å². The van der Waals surface area contributed by atoms with Crippen molar-refractivity contribution in [3.63, 3.8) is 0 Å². The van der Waals surface area contributed by atoms with E-state index < -0.39 is 0 Å². The molecule has 0 aromatic heterocycles. The Morgan fingerprint density at radius 3 is 2.73 bits per heavy atom. The lowest BCUT2D eigenvalue weighted by atomic mass is 10.2. The van der Waals surface area contributed by atoms with Gasteiger partial charge >= 0.3 is 0 Å². The molecule has 0 bridgehead atoms. The third-order valence-corrected chi connectivity index (χ3v) is 2.26. The maximum Gasteiger partial charge on any atom is 0.255 e. The number of rotatable bonds is 5. The van der Waals surface area contributed by atoms with Crippen molar-refractivity contribution < 1.29 is 9.90 Å². The van der Waals surface area contributed by atoms with Gasteiger partial charge < -0.3 is 10.4 Å². The number of aromatic hydroxyl groups is 1. The fraction of sp³-hybridized carbons (Fsp3) is 0.364. The molecule has 3 nitrogen and oxygen atoms in total. The molecule has 0 heterocycles. The molecule has 0 spiro atoms. The highest BCUT2D eigenvalue weighted by Crippen LogP contribution is 2.14. The molecule has 0 unspecified atom stereocenters. The minimum Gasteiger partial charge on any atom is -0.507 e. The van der Waals surface area contributed by atoms with E-state index in [4.69, 9.17) is 11.6 Å². The van der Waals surface area contributed by atoms with Crippen molar-refractivity contribution in [1.82, 2.24) is 5.32 Å². The van der Waals surface area contributed by atoms with Crippen molar-refractivity contribution in [3.8, 4) is 5.75 Å². The summed E-state index contributed by atoms with van der Waals surface area (Å²) in [5.74, 6) is 0.363. The Hall–Kier alpha value is -1.22. The number of carbonyl (C=O) groups excluding carboxylic acids is 1. The summed E-state index contributed by atoms with van der Waals surface area (Å²) in [6, 6.07) is 6.48. The first-order valence-corrected chi connectivity index (χ1v) is 5.41. The monoisotopic (exact) mass is 227 g/mol. The molecular weight excluding hydrogens is 214 g/mol. The van der Waals surface area contributed by atoms with Crippen LogP contribution in [0.3, 0.4) is 0 Å². The van der Waals surface area contributed by atoms with E-state index in [1.807, 2.05) is 0 Å². The van der Waals surface area contributed by atoms with E-state index in [9.17, 15) is 9.90 Å². The van der Waals surface area contributed by atoms with Crippen LogP contribution in [0.15, 0.2) is 24.3 Å². The molecule has 0 saturated heterocycles. The van der Waals surface area contributed by atoms with E-state index in [1.54, 1.807) is 18.2 Å². The number of halogens is 1. The summed E-state index contributed by atoms with van der Waals surface area (Å²) in [7, 11) is 0. The number of carbonyl (C=O) groups is 1. The molecule has 0 saturated carbocycles. The second kappa shape index (κ2) is 6.30. The highest BCUT2D eigenvalue weighted by molar-refractivity contribution is 6.17. The number of phenolic OH excluding ortho intramolecular Hbond substituents is 1. The summed E-state index contributed by atoms with van der Waals surface area (Å²) < 4.78 is 0. The summed E-state index contributed by atoms with van der Waals surface area (Å²) in [6.45, 7) is 0.583. The van der Waals surface area contributed by atoms with Crippen LogP contribution in [-0.2, 0) is 0 Å². The van der Waals surface area contributed by atoms with Crippen molar-refractivity contribution >= 4 is 17.5 Å². The average molecular weight is 228 g/mol. The summed E-state index contributed by atoms with van der Waals surface area (Å²) in [4.78, 5) is 11.5. The van der Waals surface area contributed by atoms with Crippen LogP contribution in [0, 0.1) is 0 Å². The number of nitrogens with one attached hydrogen (secondary N) is 1. The number of phenols is 1. The van der Waals surface area contributed by atoms with E-state index >= 15 is 0 Å². The molecule has 4 heteroatoms. The smallest absolute Gasteiger partial charge is 0.255 e. The zero-order valence-corrected chi connectivity index (χ0v) is 9.13. The zero-order valence-electron chi connectivity index (χ0n) is 8.37. The summed E-state index contributed by atoms with van der Waals surface area (Å²) in [6.07, 6.45) is 1.73. The van der Waals surface area contributed by atoms with Gasteiger partial charge in [-0.2, -0.15) is 0 Å². The van der Waals surface area contributed by atoms with Crippen LogP contribution in [0.4, 0.5) is 0 Å². The molecule has 1 amide bonds. The maximum atomic E-state index is 11.5. The second-order valence-corrected chi connectivity index (χ2v) is 3.55. The van der Waals surface area contributed by atoms with Crippen molar-refractivity contribution in [2.45, 2.75) is 12.8 Å². The van der Waals surface area contributed by atoms with Gasteiger partial charge in [0.25, 0.3) is 5.91 Å². The van der Waals surface area contributed by atoms with Crippen LogP contribution in [0.25, 0.3) is 0 Å². The number of benzene rings is 1. The molecule has 15 heavy (non-hydrogen) atoms. The van der Waals surface area contributed by atoms with E-state index in [0.717, 1.165) is 12.8 Å². The number of hydrogen-bond acceptors (Lipinski definition) is 2. The molecule has 0 radical (unpaired) electrons. The standard InChI is InChI=1S/C11H14ClNO2/c12-7-3-4-8-13-11(15)9-5-1-2-6-10(9)14/h1-2,5-6,14H,3-4,7-8H2,(H,13,15). The molecule has 0 aliphatic rings. The molecule has 82 valence electrons. The van der Waals surface area contributed by atoms with Gasteiger partial charge in [0.2, 0.25) is 0 Å². The predicted octanol–water partition coefficient (Wildman–Crippen LogP) is 2.14. The maximum absolute atomic E-state index is 11.5.